The molecule has 2 rings (SSSR count). The lowest BCUT2D eigenvalue weighted by atomic mass is 9.70. The Morgan fingerprint density at radius 2 is 1.67 bits per heavy atom. The smallest absolute Gasteiger partial charge is 0.229 e. The van der Waals surface area contributed by atoms with Crippen LogP contribution < -0.4 is 5.73 Å². The Bertz CT molecular complexity index is 449. The molecule has 1 aliphatic carbocycles. The fourth-order valence-corrected chi connectivity index (χ4v) is 3.38. The summed E-state index contributed by atoms with van der Waals surface area (Å²) in [5.74, 6) is 2.70. The molecule has 4 nitrogen and oxygen atoms in total. The molecule has 0 bridgehead atoms. The van der Waals surface area contributed by atoms with Gasteiger partial charge in [0.25, 0.3) is 0 Å². The molecule has 1 heterocycles. The quantitative estimate of drug-likeness (QED) is 0.895. The first kappa shape index (κ1) is 16.5. The van der Waals surface area contributed by atoms with Crippen molar-refractivity contribution in [3.8, 4) is 0 Å². The minimum absolute atomic E-state index is 0.405. The van der Waals surface area contributed by atoms with Crippen LogP contribution in [0.15, 0.2) is 4.52 Å². The van der Waals surface area contributed by atoms with E-state index in [-0.39, 0.29) is 0 Å². The molecule has 0 spiro atoms. The van der Waals surface area contributed by atoms with Gasteiger partial charge in [-0.05, 0) is 49.9 Å². The van der Waals surface area contributed by atoms with Crippen molar-refractivity contribution in [1.29, 1.82) is 0 Å². The van der Waals surface area contributed by atoms with Crippen molar-refractivity contribution in [3.05, 3.63) is 11.7 Å². The highest BCUT2D eigenvalue weighted by atomic mass is 16.5. The third kappa shape index (κ3) is 3.47. The molecular formula is C17H31N3O. The summed E-state index contributed by atoms with van der Waals surface area (Å²) in [6, 6.07) is 0. The fraction of sp³-hybridized carbons (Fsp3) is 0.882. The van der Waals surface area contributed by atoms with E-state index < -0.39 is 5.54 Å². The van der Waals surface area contributed by atoms with Gasteiger partial charge in [0, 0.05) is 5.92 Å². The van der Waals surface area contributed by atoms with Crippen molar-refractivity contribution in [2.45, 2.75) is 84.6 Å². The average Bonchev–Trinajstić information content (AvgIpc) is 2.96. The van der Waals surface area contributed by atoms with Crippen molar-refractivity contribution < 1.29 is 4.52 Å². The number of nitrogens with two attached hydrogens (primary N) is 1. The second-order valence-electron chi connectivity index (χ2n) is 7.73. The maximum atomic E-state index is 6.35. The van der Waals surface area contributed by atoms with Crippen LogP contribution in [0.2, 0.25) is 0 Å². The molecule has 2 N–H and O–H groups in total. The number of hydrogen-bond acceptors (Lipinski definition) is 4. The summed E-state index contributed by atoms with van der Waals surface area (Å²) in [5, 5.41) is 4.16. The van der Waals surface area contributed by atoms with Crippen molar-refractivity contribution >= 4 is 0 Å². The van der Waals surface area contributed by atoms with Gasteiger partial charge in [0.05, 0.1) is 5.54 Å². The first-order chi connectivity index (χ1) is 9.80. The maximum Gasteiger partial charge on any atom is 0.229 e. The van der Waals surface area contributed by atoms with Gasteiger partial charge in [-0.2, -0.15) is 4.98 Å². The largest absolute Gasteiger partial charge is 0.339 e. The van der Waals surface area contributed by atoms with Crippen LogP contribution >= 0.6 is 0 Å². The van der Waals surface area contributed by atoms with Crippen LogP contribution in [0.5, 0.6) is 0 Å². The van der Waals surface area contributed by atoms with Crippen LogP contribution in [0.1, 0.15) is 90.8 Å². The molecule has 0 unspecified atom stereocenters. The Kier molecular flexibility index (Phi) is 4.76. The first-order valence-corrected chi connectivity index (χ1v) is 8.43. The first-order valence-electron chi connectivity index (χ1n) is 8.43. The molecule has 0 aromatic carbocycles. The number of nitrogens with zero attached hydrogens (tertiary/aromatic N) is 2. The van der Waals surface area contributed by atoms with Gasteiger partial charge in [0.15, 0.2) is 5.82 Å². The van der Waals surface area contributed by atoms with Gasteiger partial charge in [-0.15, -0.1) is 0 Å². The second kappa shape index (κ2) is 6.07. The summed E-state index contributed by atoms with van der Waals surface area (Å²) in [4.78, 5) is 4.63. The lowest BCUT2D eigenvalue weighted by Crippen LogP contribution is -2.36. The summed E-state index contributed by atoms with van der Waals surface area (Å²) < 4.78 is 5.53. The van der Waals surface area contributed by atoms with Crippen LogP contribution in [-0.2, 0) is 5.54 Å². The van der Waals surface area contributed by atoms with Crippen molar-refractivity contribution in [3.63, 3.8) is 0 Å². The van der Waals surface area contributed by atoms with Gasteiger partial charge >= 0.3 is 0 Å². The Hall–Kier alpha value is -0.900. The highest BCUT2D eigenvalue weighted by Crippen LogP contribution is 2.43. The van der Waals surface area contributed by atoms with Crippen molar-refractivity contribution in [2.24, 2.45) is 17.1 Å². The van der Waals surface area contributed by atoms with E-state index in [1.807, 2.05) is 0 Å². The summed E-state index contributed by atoms with van der Waals surface area (Å²) >= 11 is 0. The molecule has 0 atom stereocenters. The third-order valence-electron chi connectivity index (χ3n) is 5.45. The fourth-order valence-electron chi connectivity index (χ4n) is 3.38. The van der Waals surface area contributed by atoms with E-state index in [9.17, 15) is 0 Å². The normalized spacial score (nSPS) is 24.3. The Morgan fingerprint density at radius 1 is 1.10 bits per heavy atom. The lowest BCUT2D eigenvalue weighted by molar-refractivity contribution is 0.159. The van der Waals surface area contributed by atoms with Crippen molar-refractivity contribution in [1.82, 2.24) is 10.1 Å². The minimum atomic E-state index is -0.440. The van der Waals surface area contributed by atoms with E-state index in [1.165, 1.54) is 12.8 Å². The summed E-state index contributed by atoms with van der Waals surface area (Å²) in [7, 11) is 0. The Morgan fingerprint density at radius 3 is 2.14 bits per heavy atom. The highest BCUT2D eigenvalue weighted by Gasteiger charge is 2.34. The molecule has 1 aromatic rings. The van der Waals surface area contributed by atoms with Crippen LogP contribution in [-0.4, -0.2) is 10.1 Å². The molecule has 1 saturated carbocycles. The predicted octanol–water partition coefficient (Wildman–Crippen LogP) is 4.36. The maximum absolute atomic E-state index is 6.35. The molecule has 1 aromatic heterocycles. The zero-order chi connectivity index (χ0) is 15.7. The van der Waals surface area contributed by atoms with E-state index in [1.54, 1.807) is 0 Å². The molecular weight excluding hydrogens is 262 g/mol. The lowest BCUT2D eigenvalue weighted by Gasteiger charge is -2.35. The molecule has 1 fully saturated rings. The highest BCUT2D eigenvalue weighted by molar-refractivity contribution is 5.05. The van der Waals surface area contributed by atoms with Crippen molar-refractivity contribution in [2.75, 3.05) is 0 Å². The van der Waals surface area contributed by atoms with Gasteiger partial charge in [-0.1, -0.05) is 39.8 Å². The standard InChI is InChI=1S/C17H31N3O/c1-6-17(18,7-2)15-19-14(21-20-15)12-8-10-13(11-9-12)16(3,4)5/h12-13H,6-11,18H2,1-5H3. The van der Waals surface area contributed by atoms with Gasteiger partial charge in [-0.3, -0.25) is 0 Å². The molecule has 120 valence electrons. The van der Waals surface area contributed by atoms with Gasteiger partial charge in [0.2, 0.25) is 5.89 Å². The topological polar surface area (TPSA) is 64.9 Å². The molecule has 0 radical (unpaired) electrons. The van der Waals surface area contributed by atoms with Crippen LogP contribution in [0.25, 0.3) is 0 Å². The molecule has 1 aliphatic rings. The molecule has 4 heteroatoms. The third-order valence-corrected chi connectivity index (χ3v) is 5.45. The molecule has 0 saturated heterocycles. The van der Waals surface area contributed by atoms with E-state index in [2.05, 4.69) is 44.8 Å². The molecule has 21 heavy (non-hydrogen) atoms. The zero-order valence-electron chi connectivity index (χ0n) is 14.3. The van der Waals surface area contributed by atoms with Crippen LogP contribution in [0.4, 0.5) is 0 Å². The van der Waals surface area contributed by atoms with Gasteiger partial charge in [-0.25, -0.2) is 0 Å². The second-order valence-corrected chi connectivity index (χ2v) is 7.73. The number of aromatic nitrogens is 2. The van der Waals surface area contributed by atoms with E-state index in [4.69, 9.17) is 10.3 Å². The van der Waals surface area contributed by atoms with E-state index >= 15 is 0 Å². The molecule has 0 aliphatic heterocycles. The summed E-state index contributed by atoms with van der Waals surface area (Å²) in [6.45, 7) is 11.2. The zero-order valence-corrected chi connectivity index (χ0v) is 14.3. The average molecular weight is 293 g/mol. The van der Waals surface area contributed by atoms with E-state index in [0.717, 1.165) is 37.5 Å². The predicted molar refractivity (Wildman–Crippen MR) is 84.9 cm³/mol. The summed E-state index contributed by atoms with van der Waals surface area (Å²) in [6.07, 6.45) is 6.47. The monoisotopic (exact) mass is 293 g/mol. The Balaban J connectivity index is 2.04. The van der Waals surface area contributed by atoms with Crippen LogP contribution in [0.3, 0.4) is 0 Å². The molecule has 0 amide bonds. The number of hydrogen-bond donors (Lipinski definition) is 1. The van der Waals surface area contributed by atoms with Gasteiger partial charge in [0.1, 0.15) is 0 Å². The number of rotatable bonds is 4. The minimum Gasteiger partial charge on any atom is -0.339 e. The summed E-state index contributed by atoms with van der Waals surface area (Å²) in [5.41, 5.74) is 6.32. The van der Waals surface area contributed by atoms with Gasteiger partial charge < -0.3 is 10.3 Å². The van der Waals surface area contributed by atoms with E-state index in [0.29, 0.717) is 17.2 Å². The van der Waals surface area contributed by atoms with Crippen LogP contribution in [0, 0.1) is 11.3 Å². The SMILES string of the molecule is CCC(N)(CC)c1noc(C2CCC(C(C)(C)C)CC2)n1. The Labute approximate surface area is 128 Å².